The van der Waals surface area contributed by atoms with Crippen LogP contribution >= 0.6 is 0 Å². The van der Waals surface area contributed by atoms with Crippen molar-refractivity contribution >= 4 is 5.69 Å². The van der Waals surface area contributed by atoms with Gasteiger partial charge in [-0.3, -0.25) is 0 Å². The van der Waals surface area contributed by atoms with E-state index in [1.165, 1.54) is 0 Å². The highest BCUT2D eigenvalue weighted by molar-refractivity contribution is 5.47. The Hall–Kier alpha value is -1.84. The third-order valence-corrected chi connectivity index (χ3v) is 2.66. The zero-order valence-corrected chi connectivity index (χ0v) is 9.86. The number of halogens is 1. The molecular formula is C13H16FN3. The summed E-state index contributed by atoms with van der Waals surface area (Å²) in [5.41, 5.74) is 1.25. The number of imidazole rings is 1. The third kappa shape index (κ3) is 3.06. The number of rotatable bonds is 5. The van der Waals surface area contributed by atoms with Gasteiger partial charge in [0.2, 0.25) is 0 Å². The monoisotopic (exact) mass is 233 g/mol. The van der Waals surface area contributed by atoms with Crippen LogP contribution in [-0.4, -0.2) is 16.1 Å². The van der Waals surface area contributed by atoms with E-state index in [-0.39, 0.29) is 5.82 Å². The van der Waals surface area contributed by atoms with Crippen molar-refractivity contribution in [1.29, 1.82) is 0 Å². The Morgan fingerprint density at radius 2 is 2.29 bits per heavy atom. The lowest BCUT2D eigenvalue weighted by molar-refractivity contribution is 0.617. The van der Waals surface area contributed by atoms with Gasteiger partial charge in [-0.1, -0.05) is 12.1 Å². The largest absolute Gasteiger partial charge is 0.383 e. The van der Waals surface area contributed by atoms with Crippen LogP contribution in [0.3, 0.4) is 0 Å². The summed E-state index contributed by atoms with van der Waals surface area (Å²) in [7, 11) is 0. The quantitative estimate of drug-likeness (QED) is 0.805. The lowest BCUT2D eigenvalue weighted by atomic mass is 10.2. The molecule has 0 aliphatic rings. The van der Waals surface area contributed by atoms with E-state index in [2.05, 4.69) is 10.3 Å². The number of nitrogens with one attached hydrogen (secondary N) is 1. The zero-order valence-electron chi connectivity index (χ0n) is 9.86. The van der Waals surface area contributed by atoms with Crippen molar-refractivity contribution < 1.29 is 4.39 Å². The van der Waals surface area contributed by atoms with Gasteiger partial charge in [-0.25, -0.2) is 9.37 Å². The van der Waals surface area contributed by atoms with E-state index in [4.69, 9.17) is 0 Å². The van der Waals surface area contributed by atoms with Crippen LogP contribution in [0.1, 0.15) is 12.0 Å². The maximum Gasteiger partial charge on any atom is 0.149 e. The lowest BCUT2D eigenvalue weighted by Crippen LogP contribution is -2.07. The van der Waals surface area contributed by atoms with Crippen molar-refractivity contribution in [2.45, 2.75) is 19.9 Å². The minimum atomic E-state index is -0.157. The lowest BCUT2D eigenvalue weighted by Gasteiger charge is -2.09. The van der Waals surface area contributed by atoms with Crippen molar-refractivity contribution in [2.24, 2.45) is 0 Å². The molecule has 90 valence electrons. The first-order valence-electron chi connectivity index (χ1n) is 5.72. The summed E-state index contributed by atoms with van der Waals surface area (Å²) in [6, 6.07) is 5.39. The first-order chi connectivity index (χ1) is 8.27. The number of aryl methyl sites for hydroxylation is 2. The molecule has 2 rings (SSSR count). The molecule has 1 aromatic carbocycles. The molecule has 2 aromatic rings. The molecule has 1 heterocycles. The summed E-state index contributed by atoms with van der Waals surface area (Å²) in [6.45, 7) is 3.41. The van der Waals surface area contributed by atoms with Crippen molar-refractivity contribution in [3.8, 4) is 0 Å². The van der Waals surface area contributed by atoms with Crippen LogP contribution in [0.25, 0.3) is 0 Å². The van der Waals surface area contributed by atoms with Crippen LogP contribution in [0, 0.1) is 12.7 Å². The van der Waals surface area contributed by atoms with Crippen molar-refractivity contribution in [3.05, 3.63) is 48.3 Å². The van der Waals surface area contributed by atoms with Gasteiger partial charge in [-0.15, -0.1) is 0 Å². The van der Waals surface area contributed by atoms with Crippen LogP contribution in [-0.2, 0) is 6.54 Å². The Morgan fingerprint density at radius 3 is 3.06 bits per heavy atom. The molecule has 0 unspecified atom stereocenters. The Morgan fingerprint density at radius 1 is 1.41 bits per heavy atom. The Balaban J connectivity index is 1.80. The first-order valence-corrected chi connectivity index (χ1v) is 5.72. The normalized spacial score (nSPS) is 10.5. The van der Waals surface area contributed by atoms with E-state index >= 15 is 0 Å². The Kier molecular flexibility index (Phi) is 3.75. The molecule has 0 radical (unpaired) electrons. The summed E-state index contributed by atoms with van der Waals surface area (Å²) < 4.78 is 15.6. The minimum Gasteiger partial charge on any atom is -0.383 e. The molecule has 4 heteroatoms. The summed E-state index contributed by atoms with van der Waals surface area (Å²) in [5.74, 6) is -0.157. The number of aromatic nitrogens is 2. The van der Waals surface area contributed by atoms with E-state index in [1.807, 2.05) is 16.8 Å². The molecule has 0 fully saturated rings. The van der Waals surface area contributed by atoms with E-state index in [9.17, 15) is 4.39 Å². The summed E-state index contributed by atoms with van der Waals surface area (Å²) in [5, 5.41) is 3.11. The molecule has 0 aliphatic heterocycles. The van der Waals surface area contributed by atoms with Crippen molar-refractivity contribution in [1.82, 2.24) is 9.55 Å². The predicted molar refractivity (Wildman–Crippen MR) is 66.5 cm³/mol. The molecule has 0 saturated heterocycles. The fourth-order valence-corrected chi connectivity index (χ4v) is 1.69. The summed E-state index contributed by atoms with van der Waals surface area (Å²) >= 11 is 0. The topological polar surface area (TPSA) is 29.9 Å². The highest BCUT2D eigenvalue weighted by Gasteiger charge is 2.02. The molecule has 0 spiro atoms. The van der Waals surface area contributed by atoms with Crippen LogP contribution in [0.15, 0.2) is 36.9 Å². The smallest absolute Gasteiger partial charge is 0.149 e. The van der Waals surface area contributed by atoms with Gasteiger partial charge in [-0.05, 0) is 25.0 Å². The Bertz CT molecular complexity index is 466. The molecule has 0 bridgehead atoms. The first kappa shape index (κ1) is 11.6. The zero-order chi connectivity index (χ0) is 12.1. The second-order valence-electron chi connectivity index (χ2n) is 4.02. The fraction of sp³-hybridized carbons (Fsp3) is 0.308. The maximum atomic E-state index is 13.6. The average molecular weight is 233 g/mol. The maximum absolute atomic E-state index is 13.6. The molecule has 3 nitrogen and oxygen atoms in total. The molecule has 1 aromatic heterocycles. The molecular weight excluding hydrogens is 217 g/mol. The number of hydrogen-bond donors (Lipinski definition) is 1. The van der Waals surface area contributed by atoms with Gasteiger partial charge in [0.1, 0.15) is 5.82 Å². The minimum absolute atomic E-state index is 0.157. The number of anilines is 1. The van der Waals surface area contributed by atoms with E-state index in [0.717, 1.165) is 19.5 Å². The van der Waals surface area contributed by atoms with Gasteiger partial charge in [0.05, 0.1) is 12.0 Å². The third-order valence-electron chi connectivity index (χ3n) is 2.66. The fourth-order valence-electron chi connectivity index (χ4n) is 1.69. The van der Waals surface area contributed by atoms with E-state index in [1.54, 1.807) is 31.6 Å². The SMILES string of the molecule is Cc1cccc(NCCCn2ccnc2)c1F. The van der Waals surface area contributed by atoms with Crippen LogP contribution in [0.5, 0.6) is 0 Å². The number of hydrogen-bond acceptors (Lipinski definition) is 2. The average Bonchev–Trinajstić information content (AvgIpc) is 2.83. The van der Waals surface area contributed by atoms with Gasteiger partial charge >= 0.3 is 0 Å². The Labute approximate surface area is 100 Å². The summed E-state index contributed by atoms with van der Waals surface area (Å²) in [6.07, 6.45) is 6.40. The highest BCUT2D eigenvalue weighted by atomic mass is 19.1. The van der Waals surface area contributed by atoms with Gasteiger partial charge < -0.3 is 9.88 Å². The van der Waals surface area contributed by atoms with Gasteiger partial charge in [0, 0.05) is 25.5 Å². The van der Waals surface area contributed by atoms with Gasteiger partial charge in [-0.2, -0.15) is 0 Å². The number of benzene rings is 1. The molecule has 1 N–H and O–H groups in total. The number of nitrogens with zero attached hydrogens (tertiary/aromatic N) is 2. The van der Waals surface area contributed by atoms with Crippen molar-refractivity contribution in [3.63, 3.8) is 0 Å². The van der Waals surface area contributed by atoms with Crippen LogP contribution < -0.4 is 5.32 Å². The molecule has 0 amide bonds. The van der Waals surface area contributed by atoms with Crippen LogP contribution in [0.4, 0.5) is 10.1 Å². The highest BCUT2D eigenvalue weighted by Crippen LogP contribution is 2.16. The molecule has 17 heavy (non-hydrogen) atoms. The molecule has 0 aliphatic carbocycles. The summed E-state index contributed by atoms with van der Waals surface area (Å²) in [4.78, 5) is 3.97. The van der Waals surface area contributed by atoms with Gasteiger partial charge in [0.25, 0.3) is 0 Å². The second-order valence-corrected chi connectivity index (χ2v) is 4.02. The van der Waals surface area contributed by atoms with Crippen molar-refractivity contribution in [2.75, 3.05) is 11.9 Å². The molecule has 0 atom stereocenters. The standard InChI is InChI=1S/C13H16FN3/c1-11-4-2-5-12(13(11)14)16-6-3-8-17-9-7-15-10-17/h2,4-5,7,9-10,16H,3,6,8H2,1H3. The predicted octanol–water partition coefficient (Wildman–Crippen LogP) is 2.83. The second kappa shape index (κ2) is 5.48. The van der Waals surface area contributed by atoms with E-state index in [0.29, 0.717) is 11.3 Å². The van der Waals surface area contributed by atoms with Gasteiger partial charge in [0.15, 0.2) is 0 Å². The molecule has 0 saturated carbocycles. The van der Waals surface area contributed by atoms with Crippen LogP contribution in [0.2, 0.25) is 0 Å². The van der Waals surface area contributed by atoms with E-state index < -0.39 is 0 Å².